The fraction of sp³-hybridized carbons (Fsp3) is 0.562. The van der Waals surface area contributed by atoms with Gasteiger partial charge in [0.05, 0.1) is 0 Å². The van der Waals surface area contributed by atoms with E-state index in [0.717, 1.165) is 25.9 Å². The van der Waals surface area contributed by atoms with Crippen LogP contribution in [-0.2, 0) is 9.59 Å². The van der Waals surface area contributed by atoms with E-state index < -0.39 is 11.9 Å². The lowest BCUT2D eigenvalue weighted by molar-refractivity contribution is -0.128. The maximum absolute atomic E-state index is 12.0. The lowest BCUT2D eigenvalue weighted by Crippen LogP contribution is -2.45. The van der Waals surface area contributed by atoms with E-state index in [0.29, 0.717) is 18.8 Å². The number of piperidine rings is 1. The summed E-state index contributed by atoms with van der Waals surface area (Å²) in [6.45, 7) is 3.72. The van der Waals surface area contributed by atoms with Gasteiger partial charge in [0, 0.05) is 37.6 Å². The van der Waals surface area contributed by atoms with Crippen molar-refractivity contribution in [1.29, 1.82) is 0 Å². The van der Waals surface area contributed by atoms with Gasteiger partial charge in [0.2, 0.25) is 11.8 Å². The summed E-state index contributed by atoms with van der Waals surface area (Å²) in [4.78, 5) is 29.5. The Balaban J connectivity index is 1.77. The molecule has 1 unspecified atom stereocenters. The van der Waals surface area contributed by atoms with Crippen LogP contribution in [0, 0.1) is 5.92 Å². The van der Waals surface area contributed by atoms with Gasteiger partial charge < -0.3 is 16.0 Å². The number of carbonyl (C=O) groups is 2. The Kier molecular flexibility index (Phi) is 5.75. The molecule has 0 radical (unpaired) electrons. The van der Waals surface area contributed by atoms with Crippen molar-refractivity contribution >= 4 is 17.5 Å². The molecule has 3 N–H and O–H groups in total. The normalized spacial score (nSPS) is 17.0. The molecule has 2 rings (SSSR count). The molecule has 0 saturated carbocycles. The Morgan fingerprint density at radius 2 is 2.00 bits per heavy atom. The molecule has 1 fully saturated rings. The first-order valence-corrected chi connectivity index (χ1v) is 7.83. The molecule has 6 heteroatoms. The summed E-state index contributed by atoms with van der Waals surface area (Å²) in [5, 5.41) is 2.72. The molecule has 1 atom stereocenters. The van der Waals surface area contributed by atoms with Crippen LogP contribution in [0.15, 0.2) is 24.5 Å². The number of pyridine rings is 1. The number of primary amides is 1. The van der Waals surface area contributed by atoms with Crippen molar-refractivity contribution < 1.29 is 9.59 Å². The maximum Gasteiger partial charge on any atom is 0.239 e. The van der Waals surface area contributed by atoms with Crippen LogP contribution in [0.2, 0.25) is 0 Å². The summed E-state index contributed by atoms with van der Waals surface area (Å²) in [5.41, 5.74) is 6.42. The van der Waals surface area contributed by atoms with Crippen LogP contribution in [0.5, 0.6) is 0 Å². The number of aromatic nitrogens is 1. The van der Waals surface area contributed by atoms with Crippen LogP contribution in [0.1, 0.15) is 32.6 Å². The van der Waals surface area contributed by atoms with Gasteiger partial charge in [-0.05, 0) is 37.3 Å². The smallest absolute Gasteiger partial charge is 0.239 e. The summed E-state index contributed by atoms with van der Waals surface area (Å²) >= 11 is 0. The molecule has 6 nitrogen and oxygen atoms in total. The monoisotopic (exact) mass is 304 g/mol. The standard InChI is InChI=1S/C16H24N4O2/c1-2-14(16(17)22)19-15(21)11-12-5-9-20(10-6-12)13-3-7-18-8-4-13/h3-4,7-8,12,14H,2,5-6,9-11H2,1H3,(H2,17,22)(H,19,21). The predicted octanol–water partition coefficient (Wildman–Crippen LogP) is 1.07. The van der Waals surface area contributed by atoms with Crippen LogP contribution < -0.4 is 16.0 Å². The molecule has 120 valence electrons. The Morgan fingerprint density at radius 3 is 2.55 bits per heavy atom. The van der Waals surface area contributed by atoms with E-state index in [1.54, 1.807) is 12.4 Å². The topological polar surface area (TPSA) is 88.3 Å². The van der Waals surface area contributed by atoms with E-state index >= 15 is 0 Å². The zero-order valence-electron chi connectivity index (χ0n) is 13.0. The van der Waals surface area contributed by atoms with Crippen molar-refractivity contribution in [2.24, 2.45) is 11.7 Å². The molecule has 1 aromatic rings. The summed E-state index contributed by atoms with van der Waals surface area (Å²) in [6, 6.07) is 3.46. The molecule has 22 heavy (non-hydrogen) atoms. The zero-order chi connectivity index (χ0) is 15.9. The Labute approximate surface area is 131 Å². The van der Waals surface area contributed by atoms with Gasteiger partial charge in [-0.25, -0.2) is 0 Å². The highest BCUT2D eigenvalue weighted by Crippen LogP contribution is 2.24. The van der Waals surface area contributed by atoms with Gasteiger partial charge in [-0.2, -0.15) is 0 Å². The fourth-order valence-electron chi connectivity index (χ4n) is 2.84. The van der Waals surface area contributed by atoms with Crippen molar-refractivity contribution in [2.45, 2.75) is 38.6 Å². The first-order valence-electron chi connectivity index (χ1n) is 7.83. The third-order valence-corrected chi connectivity index (χ3v) is 4.20. The highest BCUT2D eigenvalue weighted by molar-refractivity contribution is 5.86. The minimum Gasteiger partial charge on any atom is -0.371 e. The predicted molar refractivity (Wildman–Crippen MR) is 85.2 cm³/mol. The van der Waals surface area contributed by atoms with Crippen LogP contribution in [0.4, 0.5) is 5.69 Å². The van der Waals surface area contributed by atoms with Crippen LogP contribution in [0.25, 0.3) is 0 Å². The van der Waals surface area contributed by atoms with E-state index in [2.05, 4.69) is 15.2 Å². The number of nitrogens with one attached hydrogen (secondary N) is 1. The number of anilines is 1. The number of rotatable bonds is 6. The Bertz CT molecular complexity index is 498. The number of carbonyl (C=O) groups excluding carboxylic acids is 2. The number of amides is 2. The second-order valence-corrected chi connectivity index (χ2v) is 5.77. The molecular weight excluding hydrogens is 280 g/mol. The third kappa shape index (κ3) is 4.44. The molecule has 0 bridgehead atoms. The zero-order valence-corrected chi connectivity index (χ0v) is 13.0. The average Bonchev–Trinajstić information content (AvgIpc) is 2.54. The van der Waals surface area contributed by atoms with E-state index in [1.807, 2.05) is 19.1 Å². The largest absolute Gasteiger partial charge is 0.371 e. The molecule has 1 aromatic heterocycles. The van der Waals surface area contributed by atoms with Crippen molar-refractivity contribution in [3.8, 4) is 0 Å². The molecule has 1 aliphatic heterocycles. The first-order chi connectivity index (χ1) is 10.6. The van der Waals surface area contributed by atoms with Gasteiger partial charge in [0.15, 0.2) is 0 Å². The summed E-state index contributed by atoms with van der Waals surface area (Å²) in [5.74, 6) is -0.181. The molecule has 0 spiro atoms. The van der Waals surface area contributed by atoms with Gasteiger partial charge in [-0.3, -0.25) is 14.6 Å². The van der Waals surface area contributed by atoms with E-state index in [1.165, 1.54) is 5.69 Å². The van der Waals surface area contributed by atoms with Crippen LogP contribution >= 0.6 is 0 Å². The molecule has 1 aliphatic rings. The third-order valence-electron chi connectivity index (χ3n) is 4.20. The number of nitrogens with zero attached hydrogens (tertiary/aromatic N) is 2. The molecule has 0 aromatic carbocycles. The van der Waals surface area contributed by atoms with Gasteiger partial charge in [0.25, 0.3) is 0 Å². The number of hydrogen-bond donors (Lipinski definition) is 2. The molecule has 2 heterocycles. The summed E-state index contributed by atoms with van der Waals surface area (Å²) < 4.78 is 0. The van der Waals surface area contributed by atoms with Gasteiger partial charge in [-0.15, -0.1) is 0 Å². The van der Waals surface area contributed by atoms with Crippen molar-refractivity contribution in [2.75, 3.05) is 18.0 Å². The highest BCUT2D eigenvalue weighted by Gasteiger charge is 2.23. The fourth-order valence-corrected chi connectivity index (χ4v) is 2.84. The van der Waals surface area contributed by atoms with E-state index in [9.17, 15) is 9.59 Å². The first kappa shape index (κ1) is 16.3. The van der Waals surface area contributed by atoms with E-state index in [-0.39, 0.29) is 5.91 Å². The lowest BCUT2D eigenvalue weighted by atomic mass is 9.93. The quantitative estimate of drug-likeness (QED) is 0.823. The average molecular weight is 304 g/mol. The van der Waals surface area contributed by atoms with Crippen LogP contribution in [-0.4, -0.2) is 35.9 Å². The van der Waals surface area contributed by atoms with Gasteiger partial charge in [-0.1, -0.05) is 6.92 Å². The second-order valence-electron chi connectivity index (χ2n) is 5.77. The van der Waals surface area contributed by atoms with E-state index in [4.69, 9.17) is 5.73 Å². The SMILES string of the molecule is CCC(NC(=O)CC1CCN(c2ccncc2)CC1)C(N)=O. The maximum atomic E-state index is 12.0. The molecule has 2 amide bonds. The highest BCUT2D eigenvalue weighted by atomic mass is 16.2. The summed E-state index contributed by atoms with van der Waals surface area (Å²) in [7, 11) is 0. The minimum atomic E-state index is -0.551. The van der Waals surface area contributed by atoms with Crippen LogP contribution in [0.3, 0.4) is 0 Å². The van der Waals surface area contributed by atoms with Crippen molar-refractivity contribution in [3.63, 3.8) is 0 Å². The van der Waals surface area contributed by atoms with Gasteiger partial charge in [0.1, 0.15) is 6.04 Å². The van der Waals surface area contributed by atoms with Crippen molar-refractivity contribution in [1.82, 2.24) is 10.3 Å². The Morgan fingerprint density at radius 1 is 1.36 bits per heavy atom. The molecular formula is C16H24N4O2. The second kappa shape index (κ2) is 7.77. The van der Waals surface area contributed by atoms with Crippen molar-refractivity contribution in [3.05, 3.63) is 24.5 Å². The molecule has 0 aliphatic carbocycles. The number of hydrogen-bond acceptors (Lipinski definition) is 4. The van der Waals surface area contributed by atoms with Gasteiger partial charge >= 0.3 is 0 Å². The number of nitrogens with two attached hydrogens (primary N) is 1. The Hall–Kier alpha value is -2.11. The summed E-state index contributed by atoms with van der Waals surface area (Å²) in [6.07, 6.45) is 6.54. The minimum absolute atomic E-state index is 0.0759. The molecule has 1 saturated heterocycles. The lowest BCUT2D eigenvalue weighted by Gasteiger charge is -2.33.